The molecular weight excluding hydrogens is 358 g/mol. The average Bonchev–Trinajstić information content (AvgIpc) is 3.32. The van der Waals surface area contributed by atoms with Gasteiger partial charge in [0.05, 0.1) is 12.5 Å². The van der Waals surface area contributed by atoms with Crippen molar-refractivity contribution < 1.29 is 9.59 Å². The summed E-state index contributed by atoms with van der Waals surface area (Å²) < 4.78 is 0. The fourth-order valence-electron chi connectivity index (χ4n) is 4.24. The van der Waals surface area contributed by atoms with Crippen LogP contribution in [0.15, 0.2) is 30.5 Å². The maximum atomic E-state index is 12.7. The zero-order chi connectivity index (χ0) is 18.8. The van der Waals surface area contributed by atoms with Crippen LogP contribution in [0.1, 0.15) is 24.8 Å². The first-order valence-electron chi connectivity index (χ1n) is 9.76. The van der Waals surface area contributed by atoms with Gasteiger partial charge in [-0.1, -0.05) is 18.2 Å². The number of benzene rings is 1. The summed E-state index contributed by atoms with van der Waals surface area (Å²) in [6.07, 6.45) is 7.37. The number of amides is 2. The Morgan fingerprint density at radius 1 is 1.26 bits per heavy atom. The van der Waals surface area contributed by atoms with Crippen LogP contribution in [0, 0.1) is 11.8 Å². The van der Waals surface area contributed by atoms with E-state index >= 15 is 0 Å². The quantitative estimate of drug-likeness (QED) is 0.770. The number of hydrogen-bond acceptors (Lipinski definition) is 3. The summed E-state index contributed by atoms with van der Waals surface area (Å²) in [6, 6.07) is 8.14. The normalized spacial score (nSPS) is 22.3. The van der Waals surface area contributed by atoms with E-state index in [0.29, 0.717) is 31.2 Å². The number of aromatic amines is 1. The van der Waals surface area contributed by atoms with Crippen LogP contribution in [0.4, 0.5) is 0 Å². The molecule has 1 aliphatic carbocycles. The van der Waals surface area contributed by atoms with E-state index in [-0.39, 0.29) is 17.9 Å². The van der Waals surface area contributed by atoms with Gasteiger partial charge in [-0.25, -0.2) is 0 Å². The van der Waals surface area contributed by atoms with Crippen molar-refractivity contribution in [1.29, 1.82) is 0 Å². The number of thioether (sulfide) groups is 1. The Morgan fingerprint density at radius 3 is 2.85 bits per heavy atom. The molecule has 0 unspecified atom stereocenters. The zero-order valence-electron chi connectivity index (χ0n) is 15.7. The van der Waals surface area contributed by atoms with Crippen molar-refractivity contribution in [2.24, 2.45) is 11.8 Å². The van der Waals surface area contributed by atoms with Gasteiger partial charge in [-0.2, -0.15) is 11.8 Å². The lowest BCUT2D eigenvalue weighted by Gasteiger charge is -2.19. The fourth-order valence-corrected chi connectivity index (χ4v) is 4.62. The lowest BCUT2D eigenvalue weighted by Crippen LogP contribution is -2.42. The predicted molar refractivity (Wildman–Crippen MR) is 110 cm³/mol. The first-order valence-corrected chi connectivity index (χ1v) is 11.2. The maximum absolute atomic E-state index is 12.7. The fraction of sp³-hybridized carbons (Fsp3) is 0.524. The average molecular weight is 386 g/mol. The topological polar surface area (TPSA) is 65.2 Å². The summed E-state index contributed by atoms with van der Waals surface area (Å²) in [7, 11) is 0. The monoisotopic (exact) mass is 385 g/mol. The third kappa shape index (κ3) is 4.15. The second-order valence-electron chi connectivity index (χ2n) is 7.75. The van der Waals surface area contributed by atoms with Crippen molar-refractivity contribution in [2.75, 3.05) is 25.1 Å². The Morgan fingerprint density at radius 2 is 2.07 bits per heavy atom. The molecule has 2 heterocycles. The zero-order valence-corrected chi connectivity index (χ0v) is 16.6. The van der Waals surface area contributed by atoms with E-state index in [0.717, 1.165) is 28.8 Å². The number of fused-ring (bicyclic) bond motifs is 1. The van der Waals surface area contributed by atoms with Crippen LogP contribution in [0.3, 0.4) is 0 Å². The molecule has 0 bridgehead atoms. The number of carbonyl (C=O) groups is 2. The van der Waals surface area contributed by atoms with E-state index < -0.39 is 0 Å². The van der Waals surface area contributed by atoms with Crippen LogP contribution < -0.4 is 5.32 Å². The van der Waals surface area contributed by atoms with Crippen LogP contribution in [0.5, 0.6) is 0 Å². The molecule has 1 aliphatic heterocycles. The van der Waals surface area contributed by atoms with Gasteiger partial charge in [0.15, 0.2) is 0 Å². The molecule has 27 heavy (non-hydrogen) atoms. The molecule has 4 rings (SSSR count). The lowest BCUT2D eigenvalue weighted by atomic mass is 9.98. The second kappa shape index (κ2) is 7.97. The highest BCUT2D eigenvalue weighted by molar-refractivity contribution is 7.98. The minimum absolute atomic E-state index is 0.0498. The van der Waals surface area contributed by atoms with Crippen molar-refractivity contribution in [2.45, 2.75) is 31.7 Å². The summed E-state index contributed by atoms with van der Waals surface area (Å²) in [5.41, 5.74) is 2.08. The number of hydrogen-bond donors (Lipinski definition) is 2. The smallest absolute Gasteiger partial charge is 0.224 e. The van der Waals surface area contributed by atoms with Gasteiger partial charge in [0.2, 0.25) is 11.8 Å². The predicted octanol–water partition coefficient (Wildman–Crippen LogP) is 2.82. The SMILES string of the molecule is CSCCC(=O)N1C[C@H](NC(=O)Cc2c[nH]c3ccccc23)[C@@H](C2CC2)C1. The van der Waals surface area contributed by atoms with E-state index in [9.17, 15) is 9.59 Å². The van der Waals surface area contributed by atoms with Gasteiger partial charge in [0.25, 0.3) is 0 Å². The molecule has 0 radical (unpaired) electrons. The molecule has 1 aromatic heterocycles. The highest BCUT2D eigenvalue weighted by Gasteiger charge is 2.44. The Hall–Kier alpha value is -1.95. The third-order valence-corrected chi connectivity index (χ3v) is 6.45. The molecule has 1 saturated heterocycles. The largest absolute Gasteiger partial charge is 0.361 e. The van der Waals surface area contributed by atoms with Gasteiger partial charge in [0, 0.05) is 48.3 Å². The third-order valence-electron chi connectivity index (χ3n) is 5.84. The van der Waals surface area contributed by atoms with E-state index in [4.69, 9.17) is 0 Å². The Labute approximate surface area is 164 Å². The first kappa shape index (κ1) is 18.4. The molecule has 1 saturated carbocycles. The molecule has 2 aliphatic rings. The van der Waals surface area contributed by atoms with E-state index in [1.807, 2.05) is 41.6 Å². The van der Waals surface area contributed by atoms with E-state index in [2.05, 4.69) is 10.3 Å². The van der Waals surface area contributed by atoms with Crippen molar-refractivity contribution >= 4 is 34.5 Å². The van der Waals surface area contributed by atoms with Crippen molar-refractivity contribution in [1.82, 2.24) is 15.2 Å². The standard InChI is InChI=1S/C21H27N3O2S/c1-27-9-8-21(26)24-12-17(14-6-7-14)19(13-24)23-20(25)10-15-11-22-18-5-3-2-4-16(15)18/h2-5,11,14,17,19,22H,6-10,12-13H2,1H3,(H,23,25)/t17-,19+/m1/s1. The molecule has 2 N–H and O–H groups in total. The molecule has 0 spiro atoms. The maximum Gasteiger partial charge on any atom is 0.224 e. The van der Waals surface area contributed by atoms with Gasteiger partial charge in [0.1, 0.15) is 0 Å². The number of aromatic nitrogens is 1. The first-order chi connectivity index (χ1) is 13.2. The number of nitrogens with zero attached hydrogens (tertiary/aromatic N) is 1. The molecule has 144 valence electrons. The van der Waals surface area contributed by atoms with E-state index in [1.54, 1.807) is 11.8 Å². The molecule has 1 aromatic carbocycles. The Kier molecular flexibility index (Phi) is 5.43. The number of H-pyrrole nitrogens is 1. The highest BCUT2D eigenvalue weighted by Crippen LogP contribution is 2.41. The molecule has 2 fully saturated rings. The summed E-state index contributed by atoms with van der Waals surface area (Å²) in [5, 5.41) is 4.35. The highest BCUT2D eigenvalue weighted by atomic mass is 32.2. The number of nitrogens with one attached hydrogen (secondary N) is 2. The number of rotatable bonds is 7. The van der Waals surface area contributed by atoms with Crippen molar-refractivity contribution in [3.05, 3.63) is 36.0 Å². The van der Waals surface area contributed by atoms with Crippen molar-refractivity contribution in [3.8, 4) is 0 Å². The Bertz CT molecular complexity index is 830. The second-order valence-corrected chi connectivity index (χ2v) is 8.74. The molecule has 5 nitrogen and oxygen atoms in total. The minimum Gasteiger partial charge on any atom is -0.361 e. The number of likely N-dealkylation sites (tertiary alicyclic amines) is 1. The summed E-state index contributed by atoms with van der Waals surface area (Å²) in [6.45, 7) is 1.46. The minimum atomic E-state index is 0.0498. The van der Waals surface area contributed by atoms with Gasteiger partial charge < -0.3 is 15.2 Å². The molecule has 2 atom stereocenters. The summed E-state index contributed by atoms with van der Waals surface area (Å²) >= 11 is 1.70. The summed E-state index contributed by atoms with van der Waals surface area (Å²) in [5.74, 6) is 2.22. The Balaban J connectivity index is 1.39. The number of carbonyl (C=O) groups excluding carboxylic acids is 2. The van der Waals surface area contributed by atoms with Crippen LogP contribution in [0.2, 0.25) is 0 Å². The molecule has 2 aromatic rings. The van der Waals surface area contributed by atoms with Gasteiger partial charge in [-0.15, -0.1) is 0 Å². The van der Waals surface area contributed by atoms with Crippen LogP contribution >= 0.6 is 11.8 Å². The van der Waals surface area contributed by atoms with Crippen LogP contribution in [-0.4, -0.2) is 52.8 Å². The van der Waals surface area contributed by atoms with Crippen LogP contribution in [0.25, 0.3) is 10.9 Å². The molecule has 2 amide bonds. The summed E-state index contributed by atoms with van der Waals surface area (Å²) in [4.78, 5) is 30.3. The van der Waals surface area contributed by atoms with Gasteiger partial charge in [-0.3, -0.25) is 9.59 Å². The van der Waals surface area contributed by atoms with Crippen molar-refractivity contribution in [3.63, 3.8) is 0 Å². The lowest BCUT2D eigenvalue weighted by molar-refractivity contribution is -0.130. The molecular formula is C21H27N3O2S. The van der Waals surface area contributed by atoms with E-state index in [1.165, 1.54) is 12.8 Å². The van der Waals surface area contributed by atoms with Gasteiger partial charge >= 0.3 is 0 Å². The molecule has 6 heteroatoms. The number of para-hydroxylation sites is 1. The van der Waals surface area contributed by atoms with Gasteiger partial charge in [-0.05, 0) is 36.6 Å². The van der Waals surface area contributed by atoms with Crippen LogP contribution in [-0.2, 0) is 16.0 Å².